The van der Waals surface area contributed by atoms with Crippen molar-refractivity contribution in [3.8, 4) is 5.75 Å². The molecule has 2 N–H and O–H groups in total. The number of carbonyl (C=O) groups is 1. The van der Waals surface area contributed by atoms with Gasteiger partial charge in [-0.1, -0.05) is 6.92 Å². The van der Waals surface area contributed by atoms with Gasteiger partial charge >= 0.3 is 0 Å². The number of amides is 1. The van der Waals surface area contributed by atoms with Crippen LogP contribution in [0.5, 0.6) is 5.75 Å². The minimum absolute atomic E-state index is 0.0355. The lowest BCUT2D eigenvalue weighted by Crippen LogP contribution is -2.31. The minimum Gasteiger partial charge on any atom is -0.497 e. The molecule has 0 bridgehead atoms. The van der Waals surface area contributed by atoms with Crippen molar-refractivity contribution in [3.05, 3.63) is 23.0 Å². The highest BCUT2D eigenvalue weighted by molar-refractivity contribution is 7.71. The Balaban J connectivity index is 2.44. The van der Waals surface area contributed by atoms with E-state index in [9.17, 15) is 4.79 Å². The van der Waals surface area contributed by atoms with E-state index in [0.717, 1.165) is 23.2 Å². The van der Waals surface area contributed by atoms with Crippen molar-refractivity contribution in [1.82, 2.24) is 14.9 Å². The van der Waals surface area contributed by atoms with E-state index in [1.165, 1.54) is 0 Å². The molecule has 0 saturated heterocycles. The van der Waals surface area contributed by atoms with Gasteiger partial charge in [0.1, 0.15) is 11.8 Å². The van der Waals surface area contributed by atoms with Crippen LogP contribution in [-0.2, 0) is 4.79 Å². The first-order chi connectivity index (χ1) is 9.58. The molecule has 1 heterocycles. The number of rotatable bonds is 5. The molecule has 2 rings (SSSR count). The number of methoxy groups -OCH3 is 1. The van der Waals surface area contributed by atoms with Crippen molar-refractivity contribution in [2.75, 3.05) is 13.7 Å². The maximum atomic E-state index is 12.1. The van der Waals surface area contributed by atoms with Crippen molar-refractivity contribution < 1.29 is 9.53 Å². The number of carbonyl (C=O) groups excluding carboxylic acids is 1. The second kappa shape index (κ2) is 6.09. The lowest BCUT2D eigenvalue weighted by atomic mass is 10.2. The number of benzene rings is 1. The van der Waals surface area contributed by atoms with Crippen LogP contribution in [0.3, 0.4) is 0 Å². The molecule has 0 fully saturated rings. The number of H-pyrrole nitrogens is 1. The molecule has 1 aromatic carbocycles. The molecule has 1 aromatic heterocycles. The molecule has 1 amide bonds. The molecule has 0 aliphatic carbocycles. The smallest absolute Gasteiger partial charge is 0.242 e. The van der Waals surface area contributed by atoms with Gasteiger partial charge in [0.25, 0.3) is 0 Å². The Morgan fingerprint density at radius 3 is 2.95 bits per heavy atom. The van der Waals surface area contributed by atoms with Crippen LogP contribution in [0.1, 0.15) is 26.3 Å². The van der Waals surface area contributed by atoms with Crippen LogP contribution < -0.4 is 10.1 Å². The topological polar surface area (TPSA) is 59.0 Å². The van der Waals surface area contributed by atoms with E-state index in [1.807, 2.05) is 36.6 Å². The van der Waals surface area contributed by atoms with Gasteiger partial charge in [0, 0.05) is 12.6 Å². The third-order valence-corrected chi connectivity index (χ3v) is 3.54. The average molecular weight is 293 g/mol. The summed E-state index contributed by atoms with van der Waals surface area (Å²) in [7, 11) is 1.62. The van der Waals surface area contributed by atoms with E-state index in [0.29, 0.717) is 11.3 Å². The largest absolute Gasteiger partial charge is 0.497 e. The summed E-state index contributed by atoms with van der Waals surface area (Å²) in [5.74, 6) is 0.702. The zero-order valence-electron chi connectivity index (χ0n) is 11.9. The Morgan fingerprint density at radius 1 is 1.55 bits per heavy atom. The number of aromatic nitrogens is 2. The fourth-order valence-corrected chi connectivity index (χ4v) is 2.49. The van der Waals surface area contributed by atoms with Crippen LogP contribution in [0.4, 0.5) is 0 Å². The molecule has 0 saturated carbocycles. The Morgan fingerprint density at radius 2 is 2.30 bits per heavy atom. The predicted molar refractivity (Wildman–Crippen MR) is 81.7 cm³/mol. The second-order valence-corrected chi connectivity index (χ2v) is 5.04. The van der Waals surface area contributed by atoms with Crippen LogP contribution in [0.2, 0.25) is 0 Å². The van der Waals surface area contributed by atoms with Crippen LogP contribution in [0, 0.1) is 4.77 Å². The van der Waals surface area contributed by atoms with Gasteiger partial charge in [-0.15, -0.1) is 0 Å². The monoisotopic (exact) mass is 293 g/mol. The summed E-state index contributed by atoms with van der Waals surface area (Å²) in [4.78, 5) is 15.2. The third-order valence-electron chi connectivity index (χ3n) is 3.24. The summed E-state index contributed by atoms with van der Waals surface area (Å²) in [5, 5.41) is 2.89. The molecule has 6 heteroatoms. The number of ether oxygens (including phenoxy) is 1. The maximum Gasteiger partial charge on any atom is 0.242 e. The number of hydrogen-bond acceptors (Lipinski definition) is 3. The normalized spacial score (nSPS) is 12.3. The molecular formula is C14H19N3O2S. The third kappa shape index (κ3) is 2.70. The number of fused-ring (bicyclic) bond motifs is 1. The summed E-state index contributed by atoms with van der Waals surface area (Å²) in [5.41, 5.74) is 1.76. The molecule has 5 nitrogen and oxygen atoms in total. The van der Waals surface area contributed by atoms with Gasteiger partial charge in [-0.3, -0.25) is 4.79 Å². The Labute approximate surface area is 122 Å². The SMILES string of the molecule is CCCNC(=O)C(C)n1c(=S)[nH]c2ccc(OC)cc21. The van der Waals surface area contributed by atoms with Gasteiger partial charge in [0.05, 0.1) is 18.1 Å². The zero-order valence-corrected chi connectivity index (χ0v) is 12.7. The fourth-order valence-electron chi connectivity index (χ4n) is 2.13. The summed E-state index contributed by atoms with van der Waals surface area (Å²) >= 11 is 5.33. The van der Waals surface area contributed by atoms with Gasteiger partial charge < -0.3 is 19.6 Å². The maximum absolute atomic E-state index is 12.1. The van der Waals surface area contributed by atoms with Crippen molar-refractivity contribution in [1.29, 1.82) is 0 Å². The van der Waals surface area contributed by atoms with Crippen LogP contribution in [-0.4, -0.2) is 29.1 Å². The first-order valence-electron chi connectivity index (χ1n) is 6.64. The molecule has 1 atom stereocenters. The molecule has 108 valence electrons. The van der Waals surface area contributed by atoms with E-state index in [1.54, 1.807) is 7.11 Å². The van der Waals surface area contributed by atoms with Gasteiger partial charge in [-0.25, -0.2) is 0 Å². The van der Waals surface area contributed by atoms with Crippen LogP contribution in [0.25, 0.3) is 11.0 Å². The van der Waals surface area contributed by atoms with Crippen LogP contribution >= 0.6 is 12.2 Å². The first kappa shape index (κ1) is 14.6. The van der Waals surface area contributed by atoms with Gasteiger partial charge in [-0.2, -0.15) is 0 Å². The summed E-state index contributed by atoms with van der Waals surface area (Å²) in [6, 6.07) is 5.28. The Hall–Kier alpha value is -1.82. The number of imidazole rings is 1. The van der Waals surface area contributed by atoms with E-state index in [2.05, 4.69) is 10.3 Å². The van der Waals surface area contributed by atoms with E-state index in [4.69, 9.17) is 17.0 Å². The predicted octanol–water partition coefficient (Wildman–Crippen LogP) is 2.79. The molecule has 0 radical (unpaired) electrons. The lowest BCUT2D eigenvalue weighted by molar-refractivity contribution is -0.123. The molecule has 0 aliphatic rings. The quantitative estimate of drug-likeness (QED) is 0.833. The average Bonchev–Trinajstić information content (AvgIpc) is 2.78. The standard InChI is InChI=1S/C14H19N3O2S/c1-4-7-15-13(18)9(2)17-12-8-10(19-3)5-6-11(12)16-14(17)20/h5-6,8-9H,4,7H2,1-3H3,(H,15,18)(H,16,20). The summed E-state index contributed by atoms with van der Waals surface area (Å²) in [6.07, 6.45) is 0.908. The van der Waals surface area contributed by atoms with Crippen molar-refractivity contribution >= 4 is 29.2 Å². The first-order valence-corrected chi connectivity index (χ1v) is 7.05. The summed E-state index contributed by atoms with van der Waals surface area (Å²) < 4.78 is 7.58. The number of aromatic amines is 1. The fraction of sp³-hybridized carbons (Fsp3) is 0.429. The zero-order chi connectivity index (χ0) is 14.7. The minimum atomic E-state index is -0.366. The van der Waals surface area contributed by atoms with Crippen LogP contribution in [0.15, 0.2) is 18.2 Å². The molecule has 2 aromatic rings. The molecule has 0 spiro atoms. The molecular weight excluding hydrogens is 274 g/mol. The molecule has 20 heavy (non-hydrogen) atoms. The highest BCUT2D eigenvalue weighted by Crippen LogP contribution is 2.23. The van der Waals surface area contributed by atoms with Crippen molar-refractivity contribution in [2.24, 2.45) is 0 Å². The van der Waals surface area contributed by atoms with Gasteiger partial charge in [0.2, 0.25) is 5.91 Å². The Bertz CT molecular complexity index is 675. The van der Waals surface area contributed by atoms with Gasteiger partial charge in [-0.05, 0) is 37.7 Å². The lowest BCUT2D eigenvalue weighted by Gasteiger charge is -2.14. The van der Waals surface area contributed by atoms with Crippen molar-refractivity contribution in [2.45, 2.75) is 26.3 Å². The summed E-state index contributed by atoms with van der Waals surface area (Å²) in [6.45, 7) is 4.53. The van der Waals surface area contributed by atoms with E-state index in [-0.39, 0.29) is 11.9 Å². The van der Waals surface area contributed by atoms with E-state index >= 15 is 0 Å². The second-order valence-electron chi connectivity index (χ2n) is 4.65. The number of nitrogens with one attached hydrogen (secondary N) is 2. The number of hydrogen-bond donors (Lipinski definition) is 2. The molecule has 0 aliphatic heterocycles. The highest BCUT2D eigenvalue weighted by Gasteiger charge is 2.18. The van der Waals surface area contributed by atoms with E-state index < -0.39 is 0 Å². The van der Waals surface area contributed by atoms with Crippen molar-refractivity contribution in [3.63, 3.8) is 0 Å². The van der Waals surface area contributed by atoms with Gasteiger partial charge in [0.15, 0.2) is 4.77 Å². The highest BCUT2D eigenvalue weighted by atomic mass is 32.1. The molecule has 1 unspecified atom stereocenters. The Kier molecular flexibility index (Phi) is 4.44. The number of nitrogens with zero attached hydrogens (tertiary/aromatic N) is 1.